The summed E-state index contributed by atoms with van der Waals surface area (Å²) >= 11 is 0. The fourth-order valence-corrected chi connectivity index (χ4v) is 6.15. The van der Waals surface area contributed by atoms with Gasteiger partial charge in [-0.1, -0.05) is 6.08 Å². The molecular weight excluding hydrogens is 506 g/mol. The fraction of sp³-hybridized carbons (Fsp3) is 0.467. The molecule has 2 N–H and O–H groups in total. The maximum absolute atomic E-state index is 13.2. The first-order chi connectivity index (χ1) is 19.5. The van der Waals surface area contributed by atoms with Gasteiger partial charge in [0, 0.05) is 55.7 Å². The van der Waals surface area contributed by atoms with Gasteiger partial charge in [0.15, 0.2) is 5.65 Å². The smallest absolute Gasteiger partial charge is 0.410 e. The van der Waals surface area contributed by atoms with Gasteiger partial charge in [0.2, 0.25) is 5.95 Å². The van der Waals surface area contributed by atoms with E-state index < -0.39 is 0 Å². The zero-order chi connectivity index (χ0) is 27.5. The minimum Gasteiger partial charge on any atom is -0.450 e. The first-order valence-corrected chi connectivity index (χ1v) is 14.4. The van der Waals surface area contributed by atoms with E-state index in [0.29, 0.717) is 36.6 Å². The molecule has 0 unspecified atom stereocenters. The van der Waals surface area contributed by atoms with Gasteiger partial charge in [-0.3, -0.25) is 4.79 Å². The highest BCUT2D eigenvalue weighted by atomic mass is 16.6. The first kappa shape index (κ1) is 26.3. The van der Waals surface area contributed by atoms with Gasteiger partial charge >= 0.3 is 6.09 Å². The van der Waals surface area contributed by atoms with Crippen LogP contribution in [0, 0.1) is 5.41 Å². The summed E-state index contributed by atoms with van der Waals surface area (Å²) in [5, 5.41) is 11.4. The van der Waals surface area contributed by atoms with Gasteiger partial charge in [-0.2, -0.15) is 4.98 Å². The summed E-state index contributed by atoms with van der Waals surface area (Å²) in [6, 6.07) is 11.6. The Bertz CT molecular complexity index is 1400. The Balaban J connectivity index is 1.10. The molecule has 0 radical (unpaired) electrons. The molecule has 40 heavy (non-hydrogen) atoms. The van der Waals surface area contributed by atoms with Crippen molar-refractivity contribution < 1.29 is 14.3 Å². The van der Waals surface area contributed by atoms with Crippen molar-refractivity contribution in [1.82, 2.24) is 29.7 Å². The van der Waals surface area contributed by atoms with Crippen molar-refractivity contribution in [2.75, 3.05) is 51.2 Å². The molecule has 1 aromatic carbocycles. The summed E-state index contributed by atoms with van der Waals surface area (Å²) in [6.07, 6.45) is 9.03. The van der Waals surface area contributed by atoms with E-state index >= 15 is 0 Å². The Labute approximate surface area is 234 Å². The molecule has 10 heteroatoms. The van der Waals surface area contributed by atoms with Crippen LogP contribution in [0.3, 0.4) is 0 Å². The minimum absolute atomic E-state index is 0.0999. The second-order valence-corrected chi connectivity index (χ2v) is 11.0. The number of nitrogens with one attached hydrogen (secondary N) is 2. The van der Waals surface area contributed by atoms with Gasteiger partial charge in [-0.15, -0.1) is 5.10 Å². The van der Waals surface area contributed by atoms with Crippen LogP contribution < -0.4 is 10.6 Å². The largest absolute Gasteiger partial charge is 0.450 e. The average molecular weight is 544 g/mol. The summed E-state index contributed by atoms with van der Waals surface area (Å²) in [7, 11) is 0. The van der Waals surface area contributed by atoms with Crippen LogP contribution in [0.1, 0.15) is 54.9 Å². The number of pyridine rings is 1. The molecule has 0 bridgehead atoms. The number of amides is 2. The molecule has 0 atom stereocenters. The molecule has 6 rings (SSSR count). The second kappa shape index (κ2) is 11.3. The number of fused-ring (bicyclic) bond motifs is 1. The number of nitrogens with zero attached hydrogens (tertiary/aromatic N) is 5. The van der Waals surface area contributed by atoms with Crippen molar-refractivity contribution >= 4 is 34.9 Å². The standard InChI is InChI=1S/C30H37N7O3/c1-2-40-29(39)36-17-10-22(11-18-36)25-5-3-16-37-26(25)33-28(34-37)32-24-8-6-23(7-9-24)27(38)35-19-13-30(14-20-35)12-4-15-31-21-30/h3,5-10,16,31H,2,4,11-15,17-21H2,1H3,(H,32,34). The van der Waals surface area contributed by atoms with Gasteiger partial charge in [-0.05, 0) is 93.0 Å². The predicted octanol–water partition coefficient (Wildman–Crippen LogP) is 4.32. The monoisotopic (exact) mass is 543 g/mol. The number of rotatable bonds is 5. The van der Waals surface area contributed by atoms with Crippen LogP contribution in [0.15, 0.2) is 48.7 Å². The van der Waals surface area contributed by atoms with E-state index in [0.717, 1.165) is 67.9 Å². The molecule has 1 spiro atoms. The third-order valence-electron chi connectivity index (χ3n) is 8.50. The van der Waals surface area contributed by atoms with Crippen LogP contribution in [0.5, 0.6) is 0 Å². The fourth-order valence-electron chi connectivity index (χ4n) is 6.15. The molecule has 2 amide bonds. The summed E-state index contributed by atoms with van der Waals surface area (Å²) in [5.74, 6) is 0.585. The Morgan fingerprint density at radius 2 is 1.90 bits per heavy atom. The van der Waals surface area contributed by atoms with Crippen LogP contribution in [-0.2, 0) is 4.74 Å². The Hall–Kier alpha value is -3.92. The lowest BCUT2D eigenvalue weighted by Gasteiger charge is -2.44. The molecule has 10 nitrogen and oxygen atoms in total. The van der Waals surface area contributed by atoms with Crippen molar-refractivity contribution in [2.24, 2.45) is 5.41 Å². The highest BCUT2D eigenvalue weighted by Crippen LogP contribution is 2.37. The Kier molecular flexibility index (Phi) is 7.42. The van der Waals surface area contributed by atoms with Crippen molar-refractivity contribution in [2.45, 2.75) is 39.0 Å². The molecule has 5 heterocycles. The zero-order valence-corrected chi connectivity index (χ0v) is 23.1. The second-order valence-electron chi connectivity index (χ2n) is 11.0. The predicted molar refractivity (Wildman–Crippen MR) is 154 cm³/mol. The third-order valence-corrected chi connectivity index (χ3v) is 8.50. The number of ether oxygens (including phenoxy) is 1. The van der Waals surface area contributed by atoms with Crippen molar-refractivity contribution in [3.63, 3.8) is 0 Å². The quantitative estimate of drug-likeness (QED) is 0.494. The summed E-state index contributed by atoms with van der Waals surface area (Å²) < 4.78 is 6.89. The summed E-state index contributed by atoms with van der Waals surface area (Å²) in [5.41, 5.74) is 4.79. The van der Waals surface area contributed by atoms with Gasteiger partial charge in [-0.25, -0.2) is 9.31 Å². The van der Waals surface area contributed by atoms with E-state index in [-0.39, 0.29) is 12.0 Å². The van der Waals surface area contributed by atoms with Crippen LogP contribution in [0.4, 0.5) is 16.4 Å². The molecule has 2 aromatic heterocycles. The first-order valence-electron chi connectivity index (χ1n) is 14.4. The lowest BCUT2D eigenvalue weighted by Crippen LogP contribution is -2.49. The number of anilines is 2. The number of hydrogen-bond acceptors (Lipinski definition) is 7. The average Bonchev–Trinajstić information content (AvgIpc) is 3.41. The van der Waals surface area contributed by atoms with E-state index in [1.54, 1.807) is 9.42 Å². The van der Waals surface area contributed by atoms with Crippen molar-refractivity contribution in [1.29, 1.82) is 0 Å². The number of aromatic nitrogens is 3. The molecule has 3 aliphatic heterocycles. The summed E-state index contributed by atoms with van der Waals surface area (Å²) in [6.45, 7) is 7.15. The van der Waals surface area contributed by atoms with E-state index in [9.17, 15) is 9.59 Å². The van der Waals surface area contributed by atoms with E-state index in [2.05, 4.69) is 21.8 Å². The van der Waals surface area contributed by atoms with Crippen molar-refractivity contribution in [3.8, 4) is 0 Å². The number of piperidine rings is 2. The zero-order valence-electron chi connectivity index (χ0n) is 23.1. The SMILES string of the molecule is CCOC(=O)N1CC=C(c2cccn3nc(Nc4ccc(C(=O)N5CCC6(CCCNC6)CC5)cc4)nc23)CC1. The molecule has 0 aliphatic carbocycles. The molecule has 210 valence electrons. The Morgan fingerprint density at radius 1 is 1.07 bits per heavy atom. The lowest BCUT2D eigenvalue weighted by molar-refractivity contribution is 0.0513. The van der Waals surface area contributed by atoms with Gasteiger partial charge in [0.05, 0.1) is 6.61 Å². The molecule has 3 aliphatic rings. The molecule has 3 aromatic rings. The highest BCUT2D eigenvalue weighted by molar-refractivity contribution is 5.94. The minimum atomic E-state index is -0.279. The lowest BCUT2D eigenvalue weighted by atomic mass is 9.73. The van der Waals surface area contributed by atoms with Crippen LogP contribution in [0.25, 0.3) is 11.2 Å². The number of hydrogen-bond donors (Lipinski definition) is 2. The van der Waals surface area contributed by atoms with E-state index in [1.165, 1.54) is 12.8 Å². The van der Waals surface area contributed by atoms with E-state index in [4.69, 9.17) is 9.72 Å². The van der Waals surface area contributed by atoms with Crippen molar-refractivity contribution in [3.05, 3.63) is 59.8 Å². The highest BCUT2D eigenvalue weighted by Gasteiger charge is 2.36. The molecule has 2 fully saturated rings. The number of benzene rings is 1. The van der Waals surface area contributed by atoms with Crippen LogP contribution in [0.2, 0.25) is 0 Å². The van der Waals surface area contributed by atoms with Gasteiger partial charge in [0.1, 0.15) is 0 Å². The topological polar surface area (TPSA) is 104 Å². The van der Waals surface area contributed by atoms with E-state index in [1.807, 2.05) is 54.4 Å². The molecule has 0 saturated carbocycles. The normalized spacial score (nSPS) is 19.0. The van der Waals surface area contributed by atoms with Gasteiger partial charge < -0.3 is 25.2 Å². The number of carbonyl (C=O) groups is 2. The third kappa shape index (κ3) is 5.40. The maximum Gasteiger partial charge on any atom is 0.410 e. The number of carbonyl (C=O) groups excluding carboxylic acids is 2. The maximum atomic E-state index is 13.2. The molecular formula is C30H37N7O3. The Morgan fingerprint density at radius 3 is 2.60 bits per heavy atom. The van der Waals surface area contributed by atoms with Gasteiger partial charge in [0.25, 0.3) is 5.91 Å². The van der Waals surface area contributed by atoms with Crippen LogP contribution >= 0.6 is 0 Å². The molecule has 2 saturated heterocycles. The summed E-state index contributed by atoms with van der Waals surface area (Å²) in [4.78, 5) is 33.7. The van der Waals surface area contributed by atoms with Crippen LogP contribution in [-0.4, -0.2) is 82.3 Å². The number of likely N-dealkylation sites (tertiary alicyclic amines) is 1.